The molecule has 0 heterocycles. The average Bonchev–Trinajstić information content (AvgIpc) is 2.14. The van der Waals surface area contributed by atoms with Gasteiger partial charge in [-0.25, -0.2) is 0 Å². The second-order valence-corrected chi connectivity index (χ2v) is 4.59. The van der Waals surface area contributed by atoms with Gasteiger partial charge in [-0.1, -0.05) is 28.9 Å². The lowest BCUT2D eigenvalue weighted by molar-refractivity contribution is 0.568. The van der Waals surface area contributed by atoms with Gasteiger partial charge in [0, 0.05) is 10.5 Å². The molecule has 1 N–H and O–H groups in total. The lowest BCUT2D eigenvalue weighted by Crippen LogP contribution is -2.19. The number of halogens is 1. The molecule has 0 amide bonds. The standard InChI is InChI=1S/C12H18BrN/c1-4-7-14-10(3)12-6-5-11(13)8-9(12)2/h5-6,8,10,14H,4,7H2,1-3H3. The summed E-state index contributed by atoms with van der Waals surface area (Å²) in [5.41, 5.74) is 2.73. The highest BCUT2D eigenvalue weighted by molar-refractivity contribution is 9.10. The van der Waals surface area contributed by atoms with Crippen LogP contribution in [-0.2, 0) is 0 Å². The lowest BCUT2D eigenvalue weighted by atomic mass is 10.0. The molecule has 1 rings (SSSR count). The Hall–Kier alpha value is -0.340. The van der Waals surface area contributed by atoms with Gasteiger partial charge < -0.3 is 5.32 Å². The summed E-state index contributed by atoms with van der Waals surface area (Å²) in [6.45, 7) is 7.64. The van der Waals surface area contributed by atoms with E-state index in [9.17, 15) is 0 Å². The molecule has 0 radical (unpaired) electrons. The molecular weight excluding hydrogens is 238 g/mol. The molecule has 0 bridgehead atoms. The van der Waals surface area contributed by atoms with Gasteiger partial charge in [0.05, 0.1) is 0 Å². The molecule has 1 aromatic carbocycles. The van der Waals surface area contributed by atoms with Crippen molar-refractivity contribution in [3.8, 4) is 0 Å². The van der Waals surface area contributed by atoms with E-state index in [2.05, 4.69) is 60.2 Å². The molecule has 0 aromatic heterocycles. The maximum atomic E-state index is 3.49. The molecule has 1 aromatic rings. The average molecular weight is 256 g/mol. The normalized spacial score (nSPS) is 12.9. The van der Waals surface area contributed by atoms with Crippen LogP contribution in [0.2, 0.25) is 0 Å². The maximum Gasteiger partial charge on any atom is 0.0294 e. The van der Waals surface area contributed by atoms with E-state index in [1.165, 1.54) is 17.5 Å². The first kappa shape index (κ1) is 11.7. The van der Waals surface area contributed by atoms with Crippen molar-refractivity contribution >= 4 is 15.9 Å². The van der Waals surface area contributed by atoms with Crippen LogP contribution in [0.1, 0.15) is 37.4 Å². The van der Waals surface area contributed by atoms with Crippen LogP contribution in [0.25, 0.3) is 0 Å². The third kappa shape index (κ3) is 3.10. The van der Waals surface area contributed by atoms with Crippen LogP contribution >= 0.6 is 15.9 Å². The Morgan fingerprint density at radius 1 is 1.43 bits per heavy atom. The van der Waals surface area contributed by atoms with E-state index < -0.39 is 0 Å². The fraction of sp³-hybridized carbons (Fsp3) is 0.500. The van der Waals surface area contributed by atoms with Gasteiger partial charge in [-0.05, 0) is 50.1 Å². The molecule has 1 nitrogen and oxygen atoms in total. The van der Waals surface area contributed by atoms with Crippen LogP contribution in [0.3, 0.4) is 0 Å². The van der Waals surface area contributed by atoms with Gasteiger partial charge in [-0.2, -0.15) is 0 Å². The first-order valence-electron chi connectivity index (χ1n) is 5.14. The number of hydrogen-bond donors (Lipinski definition) is 1. The SMILES string of the molecule is CCCNC(C)c1ccc(Br)cc1C. The van der Waals surface area contributed by atoms with E-state index in [4.69, 9.17) is 0 Å². The number of benzene rings is 1. The second-order valence-electron chi connectivity index (χ2n) is 3.68. The Balaban J connectivity index is 2.74. The van der Waals surface area contributed by atoms with Gasteiger partial charge >= 0.3 is 0 Å². The molecule has 2 heteroatoms. The summed E-state index contributed by atoms with van der Waals surface area (Å²) in [5, 5.41) is 3.49. The predicted molar refractivity (Wildman–Crippen MR) is 65.6 cm³/mol. The topological polar surface area (TPSA) is 12.0 Å². The minimum atomic E-state index is 0.447. The minimum Gasteiger partial charge on any atom is -0.310 e. The molecular formula is C12H18BrN. The Kier molecular flexibility index (Phi) is 4.63. The molecule has 0 spiro atoms. The molecule has 0 aliphatic carbocycles. The summed E-state index contributed by atoms with van der Waals surface area (Å²) in [4.78, 5) is 0. The molecule has 1 unspecified atom stereocenters. The van der Waals surface area contributed by atoms with Gasteiger partial charge in [-0.3, -0.25) is 0 Å². The van der Waals surface area contributed by atoms with Crippen LogP contribution in [0.5, 0.6) is 0 Å². The van der Waals surface area contributed by atoms with Gasteiger partial charge in [-0.15, -0.1) is 0 Å². The molecule has 0 aliphatic heterocycles. The fourth-order valence-electron chi connectivity index (χ4n) is 1.60. The van der Waals surface area contributed by atoms with E-state index in [0.29, 0.717) is 6.04 Å². The third-order valence-corrected chi connectivity index (χ3v) is 2.89. The van der Waals surface area contributed by atoms with Gasteiger partial charge in [0.2, 0.25) is 0 Å². The van der Waals surface area contributed by atoms with E-state index in [1.54, 1.807) is 0 Å². The Morgan fingerprint density at radius 3 is 2.71 bits per heavy atom. The van der Waals surface area contributed by atoms with Crippen molar-refractivity contribution in [3.63, 3.8) is 0 Å². The van der Waals surface area contributed by atoms with Crippen LogP contribution in [-0.4, -0.2) is 6.54 Å². The van der Waals surface area contributed by atoms with Crippen molar-refractivity contribution in [2.45, 2.75) is 33.2 Å². The molecule has 78 valence electrons. The highest BCUT2D eigenvalue weighted by Crippen LogP contribution is 2.21. The van der Waals surface area contributed by atoms with Crippen LogP contribution in [0, 0.1) is 6.92 Å². The number of nitrogens with one attached hydrogen (secondary N) is 1. The van der Waals surface area contributed by atoms with Crippen molar-refractivity contribution in [1.29, 1.82) is 0 Å². The summed E-state index contributed by atoms with van der Waals surface area (Å²) in [5.74, 6) is 0. The van der Waals surface area contributed by atoms with E-state index in [-0.39, 0.29) is 0 Å². The molecule has 14 heavy (non-hydrogen) atoms. The molecule has 0 saturated carbocycles. The lowest BCUT2D eigenvalue weighted by Gasteiger charge is -2.16. The maximum absolute atomic E-state index is 3.49. The predicted octanol–water partition coefficient (Wildman–Crippen LogP) is 3.82. The first-order chi connectivity index (χ1) is 6.65. The number of rotatable bonds is 4. The number of hydrogen-bond acceptors (Lipinski definition) is 1. The highest BCUT2D eigenvalue weighted by Gasteiger charge is 2.06. The zero-order valence-electron chi connectivity index (χ0n) is 9.10. The van der Waals surface area contributed by atoms with Crippen LogP contribution < -0.4 is 5.32 Å². The van der Waals surface area contributed by atoms with E-state index in [1.807, 2.05) is 0 Å². The molecule has 1 atom stereocenters. The number of aryl methyl sites for hydroxylation is 1. The monoisotopic (exact) mass is 255 g/mol. The van der Waals surface area contributed by atoms with Crippen LogP contribution in [0.15, 0.2) is 22.7 Å². The summed E-state index contributed by atoms with van der Waals surface area (Å²) in [7, 11) is 0. The van der Waals surface area contributed by atoms with Gasteiger partial charge in [0.15, 0.2) is 0 Å². The summed E-state index contributed by atoms with van der Waals surface area (Å²) in [6, 6.07) is 6.90. The summed E-state index contributed by atoms with van der Waals surface area (Å²) < 4.78 is 1.15. The third-order valence-electron chi connectivity index (χ3n) is 2.40. The zero-order chi connectivity index (χ0) is 10.6. The van der Waals surface area contributed by atoms with Crippen molar-refractivity contribution in [2.24, 2.45) is 0 Å². The van der Waals surface area contributed by atoms with Crippen molar-refractivity contribution in [2.75, 3.05) is 6.54 Å². The Labute approximate surface area is 95.0 Å². The second kappa shape index (κ2) is 5.52. The Morgan fingerprint density at radius 2 is 2.14 bits per heavy atom. The van der Waals surface area contributed by atoms with E-state index in [0.717, 1.165) is 11.0 Å². The van der Waals surface area contributed by atoms with Crippen molar-refractivity contribution < 1.29 is 0 Å². The largest absolute Gasteiger partial charge is 0.310 e. The molecule has 0 aliphatic rings. The van der Waals surface area contributed by atoms with Gasteiger partial charge in [0.25, 0.3) is 0 Å². The van der Waals surface area contributed by atoms with Crippen molar-refractivity contribution in [3.05, 3.63) is 33.8 Å². The molecule has 0 fully saturated rings. The first-order valence-corrected chi connectivity index (χ1v) is 5.94. The summed E-state index contributed by atoms with van der Waals surface area (Å²) in [6.07, 6.45) is 1.18. The van der Waals surface area contributed by atoms with Crippen molar-refractivity contribution in [1.82, 2.24) is 5.32 Å². The fourth-order valence-corrected chi connectivity index (χ4v) is 2.07. The zero-order valence-corrected chi connectivity index (χ0v) is 10.7. The van der Waals surface area contributed by atoms with Gasteiger partial charge in [0.1, 0.15) is 0 Å². The highest BCUT2D eigenvalue weighted by atomic mass is 79.9. The molecule has 0 saturated heterocycles. The smallest absolute Gasteiger partial charge is 0.0294 e. The minimum absolute atomic E-state index is 0.447. The van der Waals surface area contributed by atoms with Crippen LogP contribution in [0.4, 0.5) is 0 Å². The summed E-state index contributed by atoms with van der Waals surface area (Å²) >= 11 is 3.48. The quantitative estimate of drug-likeness (QED) is 0.863. The Bertz CT molecular complexity index is 296. The van der Waals surface area contributed by atoms with E-state index >= 15 is 0 Å².